The van der Waals surface area contributed by atoms with E-state index in [9.17, 15) is 9.90 Å². The van der Waals surface area contributed by atoms with Crippen LogP contribution >= 0.6 is 11.3 Å². The Kier molecular flexibility index (Phi) is 6.14. The minimum atomic E-state index is -0.835. The highest BCUT2D eigenvalue weighted by atomic mass is 32.1. The first-order valence-corrected chi connectivity index (χ1v) is 8.63. The Hall–Kier alpha value is -0.980. The summed E-state index contributed by atoms with van der Waals surface area (Å²) in [5.41, 5.74) is 0.792. The van der Waals surface area contributed by atoms with Gasteiger partial charge in [-0.05, 0) is 32.4 Å². The van der Waals surface area contributed by atoms with E-state index in [-0.39, 0.29) is 5.92 Å². The average Bonchev–Trinajstić information content (AvgIpc) is 2.70. The summed E-state index contributed by atoms with van der Waals surface area (Å²) in [6, 6.07) is 0. The predicted octanol–water partition coefficient (Wildman–Crippen LogP) is 2.54. The van der Waals surface area contributed by atoms with Crippen LogP contribution in [0.1, 0.15) is 59.4 Å². The minimum Gasteiger partial charge on any atom is -0.477 e. The number of thiazole rings is 1. The number of nitrogens with one attached hydrogen (secondary N) is 1. The molecular formula is C15H25N3O2S. The molecule has 0 spiro atoms. The molecule has 2 N–H and O–H groups in total. The highest BCUT2D eigenvalue weighted by molar-refractivity contribution is 7.13. The van der Waals surface area contributed by atoms with Crippen LogP contribution in [0.5, 0.6) is 0 Å². The van der Waals surface area contributed by atoms with Gasteiger partial charge in [0.05, 0.1) is 12.2 Å². The van der Waals surface area contributed by atoms with Gasteiger partial charge in [-0.25, -0.2) is 9.78 Å². The van der Waals surface area contributed by atoms with Gasteiger partial charge in [0.25, 0.3) is 0 Å². The molecule has 0 saturated carbocycles. The third-order valence-corrected chi connectivity index (χ3v) is 5.10. The summed E-state index contributed by atoms with van der Waals surface area (Å²) in [6.45, 7) is 9.08. The van der Waals surface area contributed by atoms with Crippen LogP contribution in [0.15, 0.2) is 0 Å². The molecule has 2 heterocycles. The van der Waals surface area contributed by atoms with Crippen molar-refractivity contribution in [3.8, 4) is 0 Å². The molecule has 1 aromatic heterocycles. The lowest BCUT2D eigenvalue weighted by molar-refractivity contribution is 0.0700. The van der Waals surface area contributed by atoms with Crippen molar-refractivity contribution in [2.45, 2.75) is 45.6 Å². The third kappa shape index (κ3) is 4.25. The van der Waals surface area contributed by atoms with Gasteiger partial charge in [0.2, 0.25) is 0 Å². The van der Waals surface area contributed by atoms with Crippen molar-refractivity contribution in [3.63, 3.8) is 0 Å². The first kappa shape index (κ1) is 16.4. The van der Waals surface area contributed by atoms with Crippen LogP contribution in [0.4, 0.5) is 0 Å². The largest absolute Gasteiger partial charge is 0.477 e. The highest BCUT2D eigenvalue weighted by Crippen LogP contribution is 2.30. The predicted molar refractivity (Wildman–Crippen MR) is 85.2 cm³/mol. The van der Waals surface area contributed by atoms with Gasteiger partial charge in [0.15, 0.2) is 0 Å². The van der Waals surface area contributed by atoms with Crippen LogP contribution in [-0.4, -0.2) is 47.1 Å². The van der Waals surface area contributed by atoms with E-state index in [2.05, 4.69) is 29.0 Å². The van der Waals surface area contributed by atoms with E-state index < -0.39 is 5.97 Å². The normalized spacial score (nSPS) is 17.1. The number of carboxylic acid groups (broad SMARTS) is 1. The SMILES string of the molecule is CCC(CC)c1nc(CN2CCCNCC2)sc1C(=O)O. The van der Waals surface area contributed by atoms with Crippen molar-refractivity contribution in [1.82, 2.24) is 15.2 Å². The number of carbonyl (C=O) groups is 1. The van der Waals surface area contributed by atoms with E-state index in [1.54, 1.807) is 0 Å². The molecule has 0 unspecified atom stereocenters. The first-order valence-electron chi connectivity index (χ1n) is 7.81. The maximum absolute atomic E-state index is 11.5. The number of aromatic carboxylic acids is 1. The lowest BCUT2D eigenvalue weighted by Crippen LogP contribution is -2.27. The van der Waals surface area contributed by atoms with E-state index in [1.165, 1.54) is 11.3 Å². The van der Waals surface area contributed by atoms with Gasteiger partial charge in [0.1, 0.15) is 9.88 Å². The molecule has 2 rings (SSSR count). The zero-order valence-electron chi connectivity index (χ0n) is 12.9. The molecule has 21 heavy (non-hydrogen) atoms. The van der Waals surface area contributed by atoms with Crippen molar-refractivity contribution in [1.29, 1.82) is 0 Å². The molecule has 0 aliphatic carbocycles. The van der Waals surface area contributed by atoms with Crippen LogP contribution in [0.3, 0.4) is 0 Å². The summed E-state index contributed by atoms with van der Waals surface area (Å²) in [7, 11) is 0. The van der Waals surface area contributed by atoms with Crippen molar-refractivity contribution in [3.05, 3.63) is 15.6 Å². The van der Waals surface area contributed by atoms with Gasteiger partial charge >= 0.3 is 5.97 Å². The summed E-state index contributed by atoms with van der Waals surface area (Å²) in [4.78, 5) is 18.9. The van der Waals surface area contributed by atoms with Crippen molar-refractivity contribution in [2.75, 3.05) is 26.2 Å². The number of aromatic nitrogens is 1. The number of carboxylic acids is 1. The maximum atomic E-state index is 11.5. The summed E-state index contributed by atoms with van der Waals surface area (Å²) in [5.74, 6) is -0.579. The second-order valence-corrected chi connectivity index (χ2v) is 6.60. The Morgan fingerprint density at radius 1 is 1.38 bits per heavy atom. The van der Waals surface area contributed by atoms with Gasteiger partial charge < -0.3 is 10.4 Å². The van der Waals surface area contributed by atoms with Gasteiger partial charge in [-0.3, -0.25) is 4.90 Å². The molecule has 118 valence electrons. The zero-order valence-corrected chi connectivity index (χ0v) is 13.7. The monoisotopic (exact) mass is 311 g/mol. The number of hydrogen-bond acceptors (Lipinski definition) is 5. The number of nitrogens with zero attached hydrogens (tertiary/aromatic N) is 2. The van der Waals surface area contributed by atoms with Gasteiger partial charge in [-0.2, -0.15) is 0 Å². The topological polar surface area (TPSA) is 65.5 Å². The minimum absolute atomic E-state index is 0.256. The van der Waals surface area contributed by atoms with Crippen LogP contribution in [0.25, 0.3) is 0 Å². The molecule has 1 aromatic rings. The van der Waals surface area contributed by atoms with Crippen LogP contribution in [0, 0.1) is 0 Å². The Morgan fingerprint density at radius 2 is 2.14 bits per heavy atom. The fourth-order valence-corrected chi connectivity index (χ4v) is 3.83. The maximum Gasteiger partial charge on any atom is 0.347 e. The molecule has 0 amide bonds. The first-order chi connectivity index (χ1) is 10.2. The van der Waals surface area contributed by atoms with Crippen LogP contribution in [-0.2, 0) is 6.54 Å². The van der Waals surface area contributed by atoms with E-state index in [4.69, 9.17) is 0 Å². The standard InChI is InChI=1S/C15H25N3O2S/c1-3-11(4-2)13-14(15(19)20)21-12(17-13)10-18-8-5-6-16-7-9-18/h11,16H,3-10H2,1-2H3,(H,19,20). The quantitative estimate of drug-likeness (QED) is 0.845. The Morgan fingerprint density at radius 3 is 2.81 bits per heavy atom. The summed E-state index contributed by atoms with van der Waals surface area (Å²) in [5, 5.41) is 13.7. The van der Waals surface area contributed by atoms with E-state index in [0.717, 1.165) is 62.7 Å². The number of hydrogen-bond donors (Lipinski definition) is 2. The molecular weight excluding hydrogens is 286 g/mol. The lowest BCUT2D eigenvalue weighted by atomic mass is 9.98. The second kappa shape index (κ2) is 7.87. The van der Waals surface area contributed by atoms with Crippen LogP contribution in [0.2, 0.25) is 0 Å². The Labute approximate surface area is 130 Å². The molecule has 1 aliphatic rings. The lowest BCUT2D eigenvalue weighted by Gasteiger charge is -2.17. The molecule has 0 atom stereocenters. The van der Waals surface area contributed by atoms with Crippen molar-refractivity contribution < 1.29 is 9.90 Å². The van der Waals surface area contributed by atoms with E-state index >= 15 is 0 Å². The summed E-state index contributed by atoms with van der Waals surface area (Å²) >= 11 is 1.35. The van der Waals surface area contributed by atoms with Gasteiger partial charge in [-0.15, -0.1) is 11.3 Å². The molecule has 0 radical (unpaired) electrons. The van der Waals surface area contributed by atoms with Crippen LogP contribution < -0.4 is 5.32 Å². The average molecular weight is 311 g/mol. The third-order valence-electron chi connectivity index (χ3n) is 4.06. The van der Waals surface area contributed by atoms with Gasteiger partial charge in [0, 0.05) is 19.0 Å². The molecule has 1 saturated heterocycles. The van der Waals surface area contributed by atoms with E-state index in [0.29, 0.717) is 4.88 Å². The summed E-state index contributed by atoms with van der Waals surface area (Å²) < 4.78 is 0. The molecule has 1 aliphatic heterocycles. The van der Waals surface area contributed by atoms with E-state index in [1.807, 2.05) is 0 Å². The highest BCUT2D eigenvalue weighted by Gasteiger charge is 2.23. The molecule has 6 heteroatoms. The smallest absolute Gasteiger partial charge is 0.347 e. The fraction of sp³-hybridized carbons (Fsp3) is 0.733. The van der Waals surface area contributed by atoms with Crippen molar-refractivity contribution in [2.24, 2.45) is 0 Å². The Balaban J connectivity index is 2.16. The molecule has 1 fully saturated rings. The second-order valence-electron chi connectivity index (χ2n) is 5.52. The molecule has 5 nitrogen and oxygen atoms in total. The molecule has 0 aromatic carbocycles. The zero-order chi connectivity index (χ0) is 15.2. The fourth-order valence-electron chi connectivity index (χ4n) is 2.80. The Bertz CT molecular complexity index is 463. The molecule has 0 bridgehead atoms. The van der Waals surface area contributed by atoms with Crippen molar-refractivity contribution >= 4 is 17.3 Å². The van der Waals surface area contributed by atoms with Gasteiger partial charge in [-0.1, -0.05) is 13.8 Å². The number of rotatable bonds is 6. The summed E-state index contributed by atoms with van der Waals surface area (Å²) in [6.07, 6.45) is 3.01.